The Kier molecular flexibility index (Phi) is 18.8. The molecule has 0 rings (SSSR count). The second-order valence-corrected chi connectivity index (χ2v) is 15.1. The van der Waals surface area contributed by atoms with Gasteiger partial charge in [0.05, 0.1) is 12.2 Å². The maximum atomic E-state index is 12.2. The Labute approximate surface area is 166 Å². The van der Waals surface area contributed by atoms with E-state index < -0.39 is 14.7 Å². The van der Waals surface area contributed by atoms with Crippen LogP contribution in [0.1, 0.15) is 97.9 Å². The summed E-state index contributed by atoms with van der Waals surface area (Å²) in [6.45, 7) is 23.4. The number of hydrogen-bond acceptors (Lipinski definition) is 4. The minimum atomic E-state index is -2.42. The summed E-state index contributed by atoms with van der Waals surface area (Å²) in [6.07, 6.45) is 0.112. The molecular weight excluding hydrogens is 366 g/mol. The van der Waals surface area contributed by atoms with Crippen molar-refractivity contribution in [1.82, 2.24) is 0 Å². The minimum Gasteiger partial charge on any atom is -0.325 e. The van der Waals surface area contributed by atoms with Crippen molar-refractivity contribution in [3.63, 3.8) is 0 Å². The first-order chi connectivity index (χ1) is 10.6. The quantitative estimate of drug-likeness (QED) is 0.373. The molecule has 0 heterocycles. The highest BCUT2D eigenvalue weighted by atomic mass is 31.2. The number of rotatable bonds is 8. The fourth-order valence-electron chi connectivity index (χ4n) is 2.34. The van der Waals surface area contributed by atoms with Crippen LogP contribution in [0.4, 0.5) is 0 Å². The zero-order chi connectivity index (χ0) is 19.9. The molecule has 0 N–H and O–H groups in total. The van der Waals surface area contributed by atoms with E-state index in [-0.39, 0.29) is 49.7 Å². The smallest absolute Gasteiger partial charge is 0.208 e. The van der Waals surface area contributed by atoms with E-state index in [4.69, 9.17) is 9.05 Å². The Morgan fingerprint density at radius 2 is 0.615 bits per heavy atom. The molecule has 6 heteroatoms. The van der Waals surface area contributed by atoms with Gasteiger partial charge >= 0.3 is 0 Å². The topological polar surface area (TPSA) is 52.6 Å². The molecule has 0 aliphatic rings. The van der Waals surface area contributed by atoms with Crippen LogP contribution < -0.4 is 0 Å². The second kappa shape index (κ2) is 14.4. The van der Waals surface area contributed by atoms with Crippen molar-refractivity contribution >= 4 is 14.7 Å². The first-order valence-electron chi connectivity index (χ1n) is 9.16. The molecule has 0 aromatic heterocycles. The van der Waals surface area contributed by atoms with Crippen LogP contribution in [0, 0.1) is 0 Å². The van der Waals surface area contributed by atoms with Crippen molar-refractivity contribution < 1.29 is 18.2 Å². The lowest BCUT2D eigenvalue weighted by molar-refractivity contribution is 0.236. The Hall–Kier alpha value is 0.380. The van der Waals surface area contributed by atoms with E-state index in [0.29, 0.717) is 0 Å². The van der Waals surface area contributed by atoms with Crippen LogP contribution in [0.25, 0.3) is 0 Å². The second-order valence-electron chi connectivity index (χ2n) is 7.97. The van der Waals surface area contributed by atoms with Gasteiger partial charge in [0, 0.05) is 22.6 Å². The zero-order valence-electron chi connectivity index (χ0n) is 18.0. The van der Waals surface area contributed by atoms with Crippen LogP contribution in [-0.4, -0.2) is 34.8 Å². The summed E-state index contributed by atoms with van der Waals surface area (Å²) in [5.74, 6) is 0. The highest BCUT2D eigenvalue weighted by Crippen LogP contribution is 2.57. The standard InChI is InChI=1S/2C9H21O2P.2CH4/c2*1-7(2)11-12(10,8(3)4)9(5)6;;/h2*7-9H,1-6H3;2*1H4. The first kappa shape index (κ1) is 33.9. The van der Waals surface area contributed by atoms with E-state index in [1.54, 1.807) is 0 Å². The van der Waals surface area contributed by atoms with Crippen molar-refractivity contribution in [2.24, 2.45) is 0 Å². The monoisotopic (exact) mass is 416 g/mol. The van der Waals surface area contributed by atoms with E-state index in [1.807, 2.05) is 83.1 Å². The predicted molar refractivity (Wildman–Crippen MR) is 122 cm³/mol. The Morgan fingerprint density at radius 3 is 0.654 bits per heavy atom. The Morgan fingerprint density at radius 1 is 0.462 bits per heavy atom. The molecule has 0 spiro atoms. The van der Waals surface area contributed by atoms with Gasteiger partial charge in [-0.15, -0.1) is 0 Å². The van der Waals surface area contributed by atoms with Crippen LogP contribution in [0.3, 0.4) is 0 Å². The lowest BCUT2D eigenvalue weighted by atomic mass is 10.5. The Balaban J connectivity index is -0.000000173. The van der Waals surface area contributed by atoms with Gasteiger partial charge in [0.2, 0.25) is 14.7 Å². The van der Waals surface area contributed by atoms with Crippen LogP contribution in [-0.2, 0) is 18.2 Å². The molecule has 0 amide bonds. The molecule has 4 nitrogen and oxygen atoms in total. The first-order valence-corrected chi connectivity index (χ1v) is 12.7. The van der Waals surface area contributed by atoms with Gasteiger partial charge < -0.3 is 9.05 Å². The van der Waals surface area contributed by atoms with Crippen molar-refractivity contribution in [3.8, 4) is 0 Å². The highest BCUT2D eigenvalue weighted by Gasteiger charge is 2.33. The fraction of sp³-hybridized carbons (Fsp3) is 1.00. The third-order valence-electron chi connectivity index (χ3n) is 3.63. The molecule has 26 heavy (non-hydrogen) atoms. The van der Waals surface area contributed by atoms with E-state index in [1.165, 1.54) is 0 Å². The van der Waals surface area contributed by atoms with Gasteiger partial charge in [0.25, 0.3) is 0 Å². The van der Waals surface area contributed by atoms with Gasteiger partial charge in [-0.3, -0.25) is 9.13 Å². The summed E-state index contributed by atoms with van der Waals surface area (Å²) in [4.78, 5) is 0. The van der Waals surface area contributed by atoms with Gasteiger partial charge in [-0.05, 0) is 27.7 Å². The van der Waals surface area contributed by atoms with Crippen LogP contribution >= 0.6 is 14.7 Å². The van der Waals surface area contributed by atoms with Gasteiger partial charge in [-0.1, -0.05) is 70.2 Å². The van der Waals surface area contributed by atoms with Crippen molar-refractivity contribution in [2.45, 2.75) is 133 Å². The summed E-state index contributed by atoms with van der Waals surface area (Å²) in [7, 11) is -4.84. The van der Waals surface area contributed by atoms with Crippen molar-refractivity contribution in [3.05, 3.63) is 0 Å². The summed E-state index contributed by atoms with van der Waals surface area (Å²) in [5, 5.41) is 0. The summed E-state index contributed by atoms with van der Waals surface area (Å²) < 4.78 is 35.4. The highest BCUT2D eigenvalue weighted by molar-refractivity contribution is 7.60. The van der Waals surface area contributed by atoms with E-state index in [2.05, 4.69) is 0 Å². The molecular formula is C20H50O4P2. The molecule has 0 aromatic carbocycles. The molecule has 164 valence electrons. The molecule has 0 saturated carbocycles. The van der Waals surface area contributed by atoms with Crippen LogP contribution in [0.5, 0.6) is 0 Å². The molecule has 0 aliphatic carbocycles. The van der Waals surface area contributed by atoms with Crippen molar-refractivity contribution in [1.29, 1.82) is 0 Å². The van der Waals surface area contributed by atoms with Gasteiger partial charge in [-0.25, -0.2) is 0 Å². The van der Waals surface area contributed by atoms with Gasteiger partial charge in [0.1, 0.15) is 0 Å². The third-order valence-corrected chi connectivity index (χ3v) is 10.9. The van der Waals surface area contributed by atoms with E-state index in [0.717, 1.165) is 0 Å². The number of hydrogen-bond donors (Lipinski definition) is 0. The summed E-state index contributed by atoms with van der Waals surface area (Å²) >= 11 is 0. The fourth-order valence-corrected chi connectivity index (χ4v) is 7.02. The lowest BCUT2D eigenvalue weighted by Gasteiger charge is -2.27. The van der Waals surface area contributed by atoms with E-state index in [9.17, 15) is 9.13 Å². The Bertz CT molecular complexity index is 364. The van der Waals surface area contributed by atoms with Gasteiger partial charge in [0.15, 0.2) is 0 Å². The minimum absolute atomic E-state index is 0. The lowest BCUT2D eigenvalue weighted by Crippen LogP contribution is -2.14. The third kappa shape index (κ3) is 11.3. The molecule has 0 bridgehead atoms. The maximum absolute atomic E-state index is 12.2. The van der Waals surface area contributed by atoms with Crippen LogP contribution in [0.15, 0.2) is 0 Å². The molecule has 0 saturated heterocycles. The average molecular weight is 417 g/mol. The summed E-state index contributed by atoms with van der Waals surface area (Å²) in [6, 6.07) is 0. The molecule has 0 aliphatic heterocycles. The van der Waals surface area contributed by atoms with Gasteiger partial charge in [-0.2, -0.15) is 0 Å². The summed E-state index contributed by atoms with van der Waals surface area (Å²) in [5.41, 5.74) is 0.500. The van der Waals surface area contributed by atoms with Crippen molar-refractivity contribution in [2.75, 3.05) is 0 Å². The predicted octanol–water partition coefficient (Wildman–Crippen LogP) is 8.28. The molecule has 0 atom stereocenters. The average Bonchev–Trinajstić information content (AvgIpc) is 2.36. The van der Waals surface area contributed by atoms with Crippen LogP contribution in [0.2, 0.25) is 0 Å². The molecule has 0 radical (unpaired) electrons. The molecule has 0 fully saturated rings. The molecule has 0 aromatic rings. The normalized spacial score (nSPS) is 12.4. The molecule has 0 unspecified atom stereocenters. The largest absolute Gasteiger partial charge is 0.325 e. The SMILES string of the molecule is C.C.CC(C)OP(=O)(C(C)C)C(C)C.CC(C)OP(=O)(C(C)C)C(C)C. The van der Waals surface area contributed by atoms with E-state index >= 15 is 0 Å². The zero-order valence-corrected chi connectivity index (χ0v) is 19.8. The maximum Gasteiger partial charge on any atom is 0.208 e.